The first-order valence-electron chi connectivity index (χ1n) is 9.03. The van der Waals surface area contributed by atoms with Crippen LogP contribution in [0.2, 0.25) is 0 Å². The molecular formula is C17H27NO12. The first-order chi connectivity index (χ1) is 14.2. The lowest BCUT2D eigenvalue weighted by Gasteiger charge is -2.33. The number of carbonyl (C=O) groups is 4. The number of aliphatic carboxylic acids is 3. The quantitative estimate of drug-likeness (QED) is 0.172. The highest BCUT2D eigenvalue weighted by Gasteiger charge is 2.33. The Kier molecular flexibility index (Phi) is 15.0. The highest BCUT2D eigenvalue weighted by atomic mass is 16.5. The third-order valence-corrected chi connectivity index (χ3v) is 3.58. The summed E-state index contributed by atoms with van der Waals surface area (Å²) in [5.41, 5.74) is -1.03. The Labute approximate surface area is 172 Å². The maximum atomic E-state index is 11.0. The van der Waals surface area contributed by atoms with Gasteiger partial charge in [-0.2, -0.15) is 0 Å². The number of carboxylic acid groups (broad SMARTS) is 3. The minimum atomic E-state index is -1.06. The molecule has 0 aliphatic rings. The Morgan fingerprint density at radius 2 is 0.900 bits per heavy atom. The number of nitroso groups, excluding NO2 is 1. The van der Waals surface area contributed by atoms with E-state index in [1.54, 1.807) is 0 Å². The van der Waals surface area contributed by atoms with Crippen LogP contribution in [-0.2, 0) is 38.1 Å². The van der Waals surface area contributed by atoms with Crippen molar-refractivity contribution in [2.24, 2.45) is 10.6 Å². The van der Waals surface area contributed by atoms with E-state index in [1.807, 2.05) is 0 Å². The summed E-state index contributed by atoms with van der Waals surface area (Å²) in [5, 5.41) is 28.4. The van der Waals surface area contributed by atoms with Gasteiger partial charge in [-0.3, -0.25) is 19.2 Å². The van der Waals surface area contributed by atoms with Crippen molar-refractivity contribution < 1.29 is 53.4 Å². The highest BCUT2D eigenvalue weighted by Crippen LogP contribution is 2.21. The fourth-order valence-electron chi connectivity index (χ4n) is 2.09. The molecule has 0 heterocycles. The third-order valence-electron chi connectivity index (χ3n) is 3.58. The molecule has 0 spiro atoms. The average Bonchev–Trinajstić information content (AvgIpc) is 2.68. The van der Waals surface area contributed by atoms with Gasteiger partial charge in [-0.05, 0) is 0 Å². The molecule has 0 aromatic heterocycles. The highest BCUT2D eigenvalue weighted by molar-refractivity contribution is 5.76. The van der Waals surface area contributed by atoms with Gasteiger partial charge in [-0.15, -0.1) is 4.91 Å². The van der Waals surface area contributed by atoms with Gasteiger partial charge in [0, 0.05) is 5.18 Å². The number of nitrogens with zero attached hydrogens (tertiary/aromatic N) is 1. The van der Waals surface area contributed by atoms with E-state index in [9.17, 15) is 24.1 Å². The maximum Gasteiger partial charge on any atom is 0.305 e. The fourth-order valence-corrected chi connectivity index (χ4v) is 2.09. The van der Waals surface area contributed by atoms with Crippen LogP contribution in [0.25, 0.3) is 0 Å². The molecule has 0 aromatic carbocycles. The summed E-state index contributed by atoms with van der Waals surface area (Å²) in [6.45, 7) is -0.877. The van der Waals surface area contributed by atoms with E-state index in [0.29, 0.717) is 0 Å². The number of carbonyl (C=O) groups excluding carboxylic acids is 1. The van der Waals surface area contributed by atoms with Gasteiger partial charge in [0.15, 0.2) is 0 Å². The second kappa shape index (κ2) is 16.3. The van der Waals surface area contributed by atoms with Crippen LogP contribution >= 0.6 is 0 Å². The molecule has 13 heteroatoms. The largest absolute Gasteiger partial charge is 0.481 e. The van der Waals surface area contributed by atoms with Crippen LogP contribution in [0.4, 0.5) is 0 Å². The number of ether oxygens (including phenoxy) is 4. The molecule has 0 radical (unpaired) electrons. The number of hydrogen-bond acceptors (Lipinski definition) is 9. The van der Waals surface area contributed by atoms with E-state index in [1.165, 1.54) is 0 Å². The minimum absolute atomic E-state index is 0.0969. The predicted molar refractivity (Wildman–Crippen MR) is 97.9 cm³/mol. The van der Waals surface area contributed by atoms with E-state index in [0.717, 1.165) is 0 Å². The topological polar surface area (TPSA) is 195 Å². The van der Waals surface area contributed by atoms with Gasteiger partial charge in [0.1, 0.15) is 0 Å². The average molecular weight is 437 g/mol. The number of rotatable bonds is 20. The normalized spacial score (nSPS) is 11.2. The Morgan fingerprint density at radius 3 is 1.17 bits per heavy atom. The predicted octanol–water partition coefficient (Wildman–Crippen LogP) is 0.146. The van der Waals surface area contributed by atoms with Crippen molar-refractivity contribution in [2.75, 3.05) is 52.9 Å². The minimum Gasteiger partial charge on any atom is -0.481 e. The van der Waals surface area contributed by atoms with E-state index >= 15 is 0 Å². The Bertz CT molecular complexity index is 510. The monoisotopic (exact) mass is 437 g/mol. The molecule has 0 saturated heterocycles. The summed E-state index contributed by atoms with van der Waals surface area (Å²) in [6, 6.07) is 0. The van der Waals surface area contributed by atoms with Crippen molar-refractivity contribution in [1.29, 1.82) is 0 Å². The van der Waals surface area contributed by atoms with E-state index in [-0.39, 0.29) is 78.5 Å². The Hall–Kier alpha value is -2.48. The summed E-state index contributed by atoms with van der Waals surface area (Å²) in [5.74, 6) is -4.08. The lowest BCUT2D eigenvalue weighted by molar-refractivity contribution is -0.141. The van der Waals surface area contributed by atoms with Gasteiger partial charge < -0.3 is 34.3 Å². The van der Waals surface area contributed by atoms with Crippen LogP contribution in [0, 0.1) is 10.3 Å². The lowest BCUT2D eigenvalue weighted by Crippen LogP contribution is -2.42. The zero-order valence-corrected chi connectivity index (χ0v) is 16.4. The van der Waals surface area contributed by atoms with Crippen molar-refractivity contribution in [1.82, 2.24) is 0 Å². The first kappa shape index (κ1) is 27.5. The van der Waals surface area contributed by atoms with Crippen molar-refractivity contribution >= 4 is 23.8 Å². The third kappa shape index (κ3) is 15.4. The maximum absolute atomic E-state index is 11.0. The van der Waals surface area contributed by atoms with Gasteiger partial charge in [-0.25, -0.2) is 0 Å². The first-order valence-corrected chi connectivity index (χ1v) is 9.03. The molecule has 0 aliphatic heterocycles. The molecule has 0 rings (SSSR count). The van der Waals surface area contributed by atoms with Gasteiger partial charge in [-0.1, -0.05) is 0 Å². The molecule has 172 valence electrons. The summed E-state index contributed by atoms with van der Waals surface area (Å²) in [4.78, 5) is 53.0. The van der Waals surface area contributed by atoms with Gasteiger partial charge in [0.25, 0.3) is 5.91 Å². The molecular weight excluding hydrogens is 410 g/mol. The molecule has 0 aliphatic carbocycles. The molecule has 0 unspecified atom stereocenters. The number of hydrogen-bond donors (Lipinski definition) is 3. The molecule has 0 aromatic rings. The second-order valence-electron chi connectivity index (χ2n) is 6.38. The molecule has 0 fully saturated rings. The summed E-state index contributed by atoms with van der Waals surface area (Å²) >= 11 is 0. The molecule has 30 heavy (non-hydrogen) atoms. The lowest BCUT2D eigenvalue weighted by atomic mass is 9.92. The zero-order valence-electron chi connectivity index (χ0n) is 16.4. The smallest absolute Gasteiger partial charge is 0.305 e. The SMILES string of the molecule is O=NC(=O)CCOCC(COCCC(=O)O)(COCCC(=O)O)COCCC(=O)O. The molecule has 1 amide bonds. The van der Waals surface area contributed by atoms with Gasteiger partial charge in [0.05, 0.1) is 84.0 Å². The summed E-state index contributed by atoms with van der Waals surface area (Å²) in [6.07, 6.45) is -1.01. The Morgan fingerprint density at radius 1 is 0.600 bits per heavy atom. The van der Waals surface area contributed by atoms with Crippen LogP contribution in [0.15, 0.2) is 5.18 Å². The van der Waals surface area contributed by atoms with Crippen molar-refractivity contribution in [2.45, 2.75) is 25.7 Å². The molecule has 0 bridgehead atoms. The molecule has 3 N–H and O–H groups in total. The Balaban J connectivity index is 4.99. The van der Waals surface area contributed by atoms with Crippen molar-refractivity contribution in [3.63, 3.8) is 0 Å². The summed E-state index contributed by atoms with van der Waals surface area (Å²) in [7, 11) is 0. The van der Waals surface area contributed by atoms with Crippen molar-refractivity contribution in [3.05, 3.63) is 4.91 Å². The molecule has 13 nitrogen and oxygen atoms in total. The summed E-state index contributed by atoms with van der Waals surface area (Å²) < 4.78 is 21.5. The second-order valence-corrected chi connectivity index (χ2v) is 6.38. The molecule has 0 saturated carbocycles. The number of amides is 1. The zero-order chi connectivity index (χ0) is 22.8. The fraction of sp³-hybridized carbons (Fsp3) is 0.765. The van der Waals surface area contributed by atoms with Crippen LogP contribution in [-0.4, -0.2) is 92.0 Å². The van der Waals surface area contributed by atoms with E-state index in [4.69, 9.17) is 34.3 Å². The van der Waals surface area contributed by atoms with Gasteiger partial charge in [0.2, 0.25) is 0 Å². The van der Waals surface area contributed by atoms with E-state index < -0.39 is 29.2 Å². The standard InChI is InChI=1S/C17H27NO12/c19-13(18-26)1-5-27-9-17(10-28-6-2-14(20)21,11-29-7-3-15(22)23)12-30-8-4-16(24)25/h1-12H2,(H,20,21)(H,22,23)(H,24,25). The van der Waals surface area contributed by atoms with Crippen molar-refractivity contribution in [3.8, 4) is 0 Å². The van der Waals surface area contributed by atoms with Crippen LogP contribution in [0.1, 0.15) is 25.7 Å². The number of carboxylic acids is 3. The van der Waals surface area contributed by atoms with Crippen LogP contribution in [0.5, 0.6) is 0 Å². The van der Waals surface area contributed by atoms with Gasteiger partial charge >= 0.3 is 17.9 Å². The molecule has 0 atom stereocenters. The van der Waals surface area contributed by atoms with Crippen LogP contribution in [0.3, 0.4) is 0 Å². The van der Waals surface area contributed by atoms with E-state index in [2.05, 4.69) is 5.18 Å². The van der Waals surface area contributed by atoms with Crippen LogP contribution < -0.4 is 0 Å².